The molecule has 0 bridgehead atoms. The van der Waals surface area contributed by atoms with Gasteiger partial charge < -0.3 is 5.32 Å². The van der Waals surface area contributed by atoms with Gasteiger partial charge in [-0.25, -0.2) is 8.42 Å². The molecule has 3 aromatic rings. The molecule has 1 saturated heterocycles. The van der Waals surface area contributed by atoms with Crippen LogP contribution in [0.1, 0.15) is 12.8 Å². The monoisotopic (exact) mass is 380 g/mol. The van der Waals surface area contributed by atoms with Crippen LogP contribution in [-0.2, 0) is 14.8 Å². The molecule has 1 fully saturated rings. The van der Waals surface area contributed by atoms with E-state index in [1.165, 1.54) is 4.31 Å². The molecule has 1 aliphatic heterocycles. The summed E-state index contributed by atoms with van der Waals surface area (Å²) in [6.45, 7) is 0.349. The van der Waals surface area contributed by atoms with Crippen LogP contribution in [0.2, 0.25) is 0 Å². The van der Waals surface area contributed by atoms with Gasteiger partial charge in [0, 0.05) is 12.2 Å². The van der Waals surface area contributed by atoms with Gasteiger partial charge in [0.1, 0.15) is 6.04 Å². The van der Waals surface area contributed by atoms with Crippen molar-refractivity contribution in [2.24, 2.45) is 0 Å². The van der Waals surface area contributed by atoms with E-state index in [1.807, 2.05) is 42.5 Å². The van der Waals surface area contributed by atoms with Gasteiger partial charge in [0.15, 0.2) is 0 Å². The molecule has 1 heterocycles. The van der Waals surface area contributed by atoms with E-state index in [4.69, 9.17) is 0 Å². The highest BCUT2D eigenvalue weighted by Gasteiger charge is 2.39. The first-order chi connectivity index (χ1) is 13.1. The molecule has 5 nitrogen and oxygen atoms in total. The summed E-state index contributed by atoms with van der Waals surface area (Å²) in [6, 6.07) is 21.1. The van der Waals surface area contributed by atoms with E-state index in [1.54, 1.807) is 30.3 Å². The molecule has 0 radical (unpaired) electrons. The average Bonchev–Trinajstić information content (AvgIpc) is 3.19. The molecule has 0 unspecified atom stereocenters. The summed E-state index contributed by atoms with van der Waals surface area (Å²) in [5, 5.41) is 4.67. The average molecular weight is 380 g/mol. The van der Waals surface area contributed by atoms with E-state index >= 15 is 0 Å². The highest BCUT2D eigenvalue weighted by Crippen LogP contribution is 2.28. The standard InChI is InChI=1S/C21H20N2O3S/c24-21(22-18-9-2-1-3-10-18)20-11-6-14-23(20)27(25,26)19-13-12-16-7-4-5-8-17(16)15-19/h1-5,7-10,12-13,15,20H,6,11,14H2,(H,22,24)/t20-/m1/s1. The topological polar surface area (TPSA) is 66.5 Å². The number of nitrogens with zero attached hydrogens (tertiary/aromatic N) is 1. The largest absolute Gasteiger partial charge is 0.325 e. The summed E-state index contributed by atoms with van der Waals surface area (Å²) in [6.07, 6.45) is 1.19. The molecule has 138 valence electrons. The van der Waals surface area contributed by atoms with Crippen molar-refractivity contribution < 1.29 is 13.2 Å². The van der Waals surface area contributed by atoms with Gasteiger partial charge in [-0.1, -0.05) is 48.5 Å². The van der Waals surface area contributed by atoms with Crippen LogP contribution in [0.15, 0.2) is 77.7 Å². The SMILES string of the molecule is O=C(Nc1ccccc1)[C@H]1CCCN1S(=O)(=O)c1ccc2ccccc2c1. The maximum absolute atomic E-state index is 13.2. The van der Waals surface area contributed by atoms with Crippen molar-refractivity contribution in [1.82, 2.24) is 4.31 Å². The molecule has 1 N–H and O–H groups in total. The van der Waals surface area contributed by atoms with Gasteiger partial charge in [0.05, 0.1) is 4.90 Å². The summed E-state index contributed by atoms with van der Waals surface area (Å²) < 4.78 is 27.7. The lowest BCUT2D eigenvalue weighted by atomic mass is 10.1. The van der Waals surface area contributed by atoms with Crippen LogP contribution < -0.4 is 5.32 Å². The van der Waals surface area contributed by atoms with Crippen molar-refractivity contribution in [3.8, 4) is 0 Å². The molecule has 6 heteroatoms. The zero-order chi connectivity index (χ0) is 18.9. The predicted octanol–water partition coefficient (Wildman–Crippen LogP) is 3.63. The molecular weight excluding hydrogens is 360 g/mol. The molecule has 0 aromatic heterocycles. The summed E-state index contributed by atoms with van der Waals surface area (Å²) >= 11 is 0. The minimum Gasteiger partial charge on any atom is -0.325 e. The summed E-state index contributed by atoms with van der Waals surface area (Å²) in [4.78, 5) is 12.9. The highest BCUT2D eigenvalue weighted by molar-refractivity contribution is 7.89. The summed E-state index contributed by atoms with van der Waals surface area (Å²) in [5.74, 6) is -0.289. The molecule has 0 saturated carbocycles. The number of anilines is 1. The van der Waals surface area contributed by atoms with Crippen LogP contribution in [0.5, 0.6) is 0 Å². The third-order valence-electron chi connectivity index (χ3n) is 4.88. The molecule has 3 aromatic carbocycles. The number of amides is 1. The van der Waals surface area contributed by atoms with Crippen molar-refractivity contribution in [3.05, 3.63) is 72.8 Å². The predicted molar refractivity (Wildman–Crippen MR) is 106 cm³/mol. The number of hydrogen-bond donors (Lipinski definition) is 1. The maximum atomic E-state index is 13.2. The fourth-order valence-corrected chi connectivity index (χ4v) is 5.19. The lowest BCUT2D eigenvalue weighted by Gasteiger charge is -2.23. The van der Waals surface area contributed by atoms with Crippen molar-refractivity contribution in [1.29, 1.82) is 0 Å². The molecule has 0 spiro atoms. The van der Waals surface area contributed by atoms with Crippen molar-refractivity contribution in [3.63, 3.8) is 0 Å². The smallest absolute Gasteiger partial charge is 0.243 e. The number of rotatable bonds is 4. The molecule has 4 rings (SSSR count). The number of nitrogens with one attached hydrogen (secondary N) is 1. The fraction of sp³-hybridized carbons (Fsp3) is 0.190. The van der Waals surface area contributed by atoms with E-state index < -0.39 is 16.1 Å². The third-order valence-corrected chi connectivity index (χ3v) is 6.78. The first-order valence-electron chi connectivity index (χ1n) is 8.92. The Bertz CT molecular complexity index is 1080. The zero-order valence-electron chi connectivity index (χ0n) is 14.7. The van der Waals surface area contributed by atoms with Gasteiger partial charge in [0.2, 0.25) is 15.9 Å². The first-order valence-corrected chi connectivity index (χ1v) is 10.4. The molecule has 0 aliphatic carbocycles. The minimum absolute atomic E-state index is 0.223. The van der Waals surface area contributed by atoms with Crippen LogP contribution >= 0.6 is 0 Å². The van der Waals surface area contributed by atoms with Crippen LogP contribution in [0.3, 0.4) is 0 Å². The molecule has 27 heavy (non-hydrogen) atoms. The third kappa shape index (κ3) is 3.46. The number of carbonyl (C=O) groups is 1. The van der Waals surface area contributed by atoms with E-state index in [0.29, 0.717) is 25.1 Å². The Kier molecular flexibility index (Phi) is 4.68. The number of fused-ring (bicyclic) bond motifs is 1. The Balaban J connectivity index is 1.62. The van der Waals surface area contributed by atoms with E-state index in [9.17, 15) is 13.2 Å². The second-order valence-electron chi connectivity index (χ2n) is 6.64. The van der Waals surface area contributed by atoms with Crippen LogP contribution in [0, 0.1) is 0 Å². The Morgan fingerprint density at radius 1 is 0.926 bits per heavy atom. The van der Waals surface area contributed by atoms with E-state index in [-0.39, 0.29) is 10.8 Å². The molecule has 1 atom stereocenters. The molecule has 1 aliphatic rings. The van der Waals surface area contributed by atoms with Crippen molar-refractivity contribution in [2.45, 2.75) is 23.8 Å². The lowest BCUT2D eigenvalue weighted by Crippen LogP contribution is -2.43. The highest BCUT2D eigenvalue weighted by atomic mass is 32.2. The van der Waals surface area contributed by atoms with Crippen molar-refractivity contribution >= 4 is 32.4 Å². The quantitative estimate of drug-likeness (QED) is 0.752. The Morgan fingerprint density at radius 3 is 2.41 bits per heavy atom. The van der Waals surface area contributed by atoms with Crippen LogP contribution in [0.25, 0.3) is 10.8 Å². The van der Waals surface area contributed by atoms with Gasteiger partial charge in [-0.2, -0.15) is 4.31 Å². The molecule has 1 amide bonds. The van der Waals surface area contributed by atoms with E-state index in [2.05, 4.69) is 5.32 Å². The van der Waals surface area contributed by atoms with Gasteiger partial charge in [-0.05, 0) is 47.9 Å². The second kappa shape index (κ2) is 7.13. The number of benzene rings is 3. The second-order valence-corrected chi connectivity index (χ2v) is 8.53. The Morgan fingerprint density at radius 2 is 1.63 bits per heavy atom. The van der Waals surface area contributed by atoms with Crippen LogP contribution in [-0.4, -0.2) is 31.2 Å². The minimum atomic E-state index is -3.74. The van der Waals surface area contributed by atoms with Gasteiger partial charge in [-0.15, -0.1) is 0 Å². The summed E-state index contributed by atoms with van der Waals surface area (Å²) in [5.41, 5.74) is 0.664. The number of sulfonamides is 1. The van der Waals surface area contributed by atoms with Crippen molar-refractivity contribution in [2.75, 3.05) is 11.9 Å². The first kappa shape index (κ1) is 17.7. The normalized spacial score (nSPS) is 17.9. The number of carbonyl (C=O) groups excluding carboxylic acids is 1. The van der Waals surface area contributed by atoms with Gasteiger partial charge >= 0.3 is 0 Å². The van der Waals surface area contributed by atoms with Crippen LogP contribution in [0.4, 0.5) is 5.69 Å². The maximum Gasteiger partial charge on any atom is 0.243 e. The molecular formula is C21H20N2O3S. The van der Waals surface area contributed by atoms with Gasteiger partial charge in [-0.3, -0.25) is 4.79 Å². The Hall–Kier alpha value is -2.70. The fourth-order valence-electron chi connectivity index (χ4n) is 3.50. The number of hydrogen-bond acceptors (Lipinski definition) is 3. The zero-order valence-corrected chi connectivity index (χ0v) is 15.5. The van der Waals surface area contributed by atoms with Gasteiger partial charge in [0.25, 0.3) is 0 Å². The lowest BCUT2D eigenvalue weighted by molar-refractivity contribution is -0.119. The number of para-hydroxylation sites is 1. The Labute approximate surface area is 158 Å². The summed E-state index contributed by atoms with van der Waals surface area (Å²) in [7, 11) is -3.74. The van der Waals surface area contributed by atoms with E-state index in [0.717, 1.165) is 10.8 Å².